The number of hydrogen-bond acceptors (Lipinski definition) is 2. The van der Waals surface area contributed by atoms with E-state index in [0.717, 1.165) is 16.8 Å². The zero-order valence-electron chi connectivity index (χ0n) is 10.6. The number of nitrogens with two attached hydrogens (primary N) is 1. The highest BCUT2D eigenvalue weighted by Gasteiger charge is 2.32. The van der Waals surface area contributed by atoms with E-state index in [1.165, 1.54) is 25.0 Å². The number of nitrogens with one attached hydrogen (secondary N) is 1. The fourth-order valence-corrected chi connectivity index (χ4v) is 2.77. The number of anilines is 1. The zero-order valence-corrected chi connectivity index (χ0v) is 11.3. The van der Waals surface area contributed by atoms with Crippen molar-refractivity contribution in [3.05, 3.63) is 34.7 Å². The number of halogens is 2. The number of aromatic nitrogens is 2. The van der Waals surface area contributed by atoms with Crippen LogP contribution in [0.15, 0.2) is 18.2 Å². The molecule has 1 aromatic carbocycles. The van der Waals surface area contributed by atoms with E-state index in [-0.39, 0.29) is 5.82 Å². The average molecular weight is 280 g/mol. The van der Waals surface area contributed by atoms with Gasteiger partial charge in [0.25, 0.3) is 0 Å². The van der Waals surface area contributed by atoms with Gasteiger partial charge in [-0.1, -0.05) is 18.5 Å². The molecule has 1 aliphatic carbocycles. The fraction of sp³-hybridized carbons (Fsp3) is 0.357. The van der Waals surface area contributed by atoms with E-state index in [0.29, 0.717) is 22.7 Å². The van der Waals surface area contributed by atoms with Crippen molar-refractivity contribution in [2.45, 2.75) is 25.7 Å². The molecule has 1 atom stereocenters. The number of nitrogen functional groups attached to an aromatic ring is 1. The smallest absolute Gasteiger partial charge is 0.153 e. The zero-order chi connectivity index (χ0) is 13.6. The van der Waals surface area contributed by atoms with E-state index < -0.39 is 0 Å². The summed E-state index contributed by atoms with van der Waals surface area (Å²) in [5.74, 6) is 1.10. The van der Waals surface area contributed by atoms with Crippen LogP contribution in [-0.4, -0.2) is 10.2 Å². The second-order valence-corrected chi connectivity index (χ2v) is 5.55. The molecule has 3 rings (SSSR count). The second-order valence-electron chi connectivity index (χ2n) is 5.15. The number of hydrogen-bond donors (Lipinski definition) is 2. The largest absolute Gasteiger partial charge is 0.382 e. The van der Waals surface area contributed by atoms with E-state index in [2.05, 4.69) is 17.1 Å². The van der Waals surface area contributed by atoms with Crippen molar-refractivity contribution in [2.75, 3.05) is 5.73 Å². The number of H-pyrrole nitrogens is 1. The third-order valence-corrected chi connectivity index (χ3v) is 4.12. The van der Waals surface area contributed by atoms with Crippen LogP contribution < -0.4 is 5.73 Å². The van der Waals surface area contributed by atoms with Gasteiger partial charge in [0.05, 0.1) is 5.02 Å². The number of aromatic amines is 1. The van der Waals surface area contributed by atoms with Crippen LogP contribution in [0.4, 0.5) is 10.2 Å². The summed E-state index contributed by atoms with van der Waals surface area (Å²) in [5, 5.41) is 7.45. The average Bonchev–Trinajstić information content (AvgIpc) is 3.14. The molecular weight excluding hydrogens is 265 g/mol. The molecule has 5 heteroatoms. The summed E-state index contributed by atoms with van der Waals surface area (Å²) in [6, 6.07) is 4.34. The van der Waals surface area contributed by atoms with E-state index in [1.54, 1.807) is 6.07 Å². The van der Waals surface area contributed by atoms with Crippen LogP contribution >= 0.6 is 11.6 Å². The van der Waals surface area contributed by atoms with E-state index >= 15 is 0 Å². The Hall–Kier alpha value is -1.55. The lowest BCUT2D eigenvalue weighted by atomic mass is 9.94. The summed E-state index contributed by atoms with van der Waals surface area (Å²) in [6.07, 6.45) is 2.47. The van der Waals surface area contributed by atoms with E-state index in [1.807, 2.05) is 0 Å². The first kappa shape index (κ1) is 12.5. The molecule has 0 aliphatic heterocycles. The van der Waals surface area contributed by atoms with Crippen molar-refractivity contribution < 1.29 is 4.39 Å². The molecule has 19 heavy (non-hydrogen) atoms. The Morgan fingerprint density at radius 1 is 1.47 bits per heavy atom. The number of benzene rings is 1. The molecule has 1 aromatic heterocycles. The van der Waals surface area contributed by atoms with Gasteiger partial charge in [0.15, 0.2) is 5.82 Å². The first-order valence-corrected chi connectivity index (χ1v) is 6.75. The standard InChI is InChI=1S/C14H15ClFN3/c1-7(8-2-3-8)13-12(14(17)19-18-13)10-5-4-9(16)6-11(10)15/h4-8H,2-3H2,1H3,(H3,17,18,19). The molecule has 100 valence electrons. The lowest BCUT2D eigenvalue weighted by molar-refractivity contribution is 0.628. The Balaban J connectivity index is 2.10. The fourth-order valence-electron chi connectivity index (χ4n) is 2.51. The first-order chi connectivity index (χ1) is 9.08. The molecule has 0 amide bonds. The maximum absolute atomic E-state index is 13.1. The molecular formula is C14H15ClFN3. The van der Waals surface area contributed by atoms with Crippen molar-refractivity contribution in [1.29, 1.82) is 0 Å². The van der Waals surface area contributed by atoms with Crippen LogP contribution in [0.25, 0.3) is 11.1 Å². The third kappa shape index (κ3) is 2.21. The second kappa shape index (κ2) is 4.53. The van der Waals surface area contributed by atoms with Crippen molar-refractivity contribution in [3.8, 4) is 11.1 Å². The van der Waals surface area contributed by atoms with Gasteiger partial charge in [0.2, 0.25) is 0 Å². The van der Waals surface area contributed by atoms with Gasteiger partial charge in [-0.2, -0.15) is 5.10 Å². The highest BCUT2D eigenvalue weighted by molar-refractivity contribution is 6.33. The lowest BCUT2D eigenvalue weighted by Crippen LogP contribution is -1.99. The molecule has 1 aliphatic rings. The van der Waals surface area contributed by atoms with Gasteiger partial charge in [0, 0.05) is 22.7 Å². The summed E-state index contributed by atoms with van der Waals surface area (Å²) in [6.45, 7) is 2.16. The van der Waals surface area contributed by atoms with Crippen LogP contribution in [-0.2, 0) is 0 Å². The molecule has 0 spiro atoms. The first-order valence-electron chi connectivity index (χ1n) is 6.37. The highest BCUT2D eigenvalue weighted by Crippen LogP contribution is 2.46. The van der Waals surface area contributed by atoms with Gasteiger partial charge >= 0.3 is 0 Å². The molecule has 3 N–H and O–H groups in total. The van der Waals surface area contributed by atoms with E-state index in [9.17, 15) is 4.39 Å². The maximum Gasteiger partial charge on any atom is 0.153 e. The molecule has 2 aromatic rings. The molecule has 3 nitrogen and oxygen atoms in total. The van der Waals surface area contributed by atoms with Gasteiger partial charge < -0.3 is 5.73 Å². The van der Waals surface area contributed by atoms with Crippen molar-refractivity contribution in [1.82, 2.24) is 10.2 Å². The molecule has 0 saturated heterocycles. The summed E-state index contributed by atoms with van der Waals surface area (Å²) >= 11 is 6.13. The number of rotatable bonds is 3. The Kier molecular flexibility index (Phi) is 2.97. The minimum atomic E-state index is -0.354. The van der Waals surface area contributed by atoms with Crippen LogP contribution in [0, 0.1) is 11.7 Å². The van der Waals surface area contributed by atoms with Crippen LogP contribution in [0.3, 0.4) is 0 Å². The van der Waals surface area contributed by atoms with E-state index in [4.69, 9.17) is 17.3 Å². The monoisotopic (exact) mass is 279 g/mol. The van der Waals surface area contributed by atoms with Gasteiger partial charge in [-0.15, -0.1) is 0 Å². The molecule has 1 saturated carbocycles. The van der Waals surface area contributed by atoms with Crippen molar-refractivity contribution in [3.63, 3.8) is 0 Å². The minimum absolute atomic E-state index is 0.354. The van der Waals surface area contributed by atoms with Gasteiger partial charge in [-0.3, -0.25) is 5.10 Å². The third-order valence-electron chi connectivity index (χ3n) is 3.81. The SMILES string of the molecule is CC(c1[nH]nc(N)c1-c1ccc(F)cc1Cl)C1CC1. The van der Waals surface area contributed by atoms with Gasteiger partial charge in [-0.25, -0.2) is 4.39 Å². The van der Waals surface area contributed by atoms with Crippen LogP contribution in [0.2, 0.25) is 5.02 Å². The summed E-state index contributed by atoms with van der Waals surface area (Å²) < 4.78 is 13.1. The van der Waals surface area contributed by atoms with Crippen molar-refractivity contribution >= 4 is 17.4 Å². The quantitative estimate of drug-likeness (QED) is 0.893. The maximum atomic E-state index is 13.1. The highest BCUT2D eigenvalue weighted by atomic mass is 35.5. The number of nitrogens with zero attached hydrogens (tertiary/aromatic N) is 1. The molecule has 1 fully saturated rings. The van der Waals surface area contributed by atoms with Crippen LogP contribution in [0.5, 0.6) is 0 Å². The topological polar surface area (TPSA) is 54.7 Å². The Morgan fingerprint density at radius 2 is 2.21 bits per heavy atom. The summed E-state index contributed by atoms with van der Waals surface area (Å²) in [5.41, 5.74) is 8.48. The Morgan fingerprint density at radius 3 is 2.84 bits per heavy atom. The van der Waals surface area contributed by atoms with Crippen LogP contribution in [0.1, 0.15) is 31.4 Å². The predicted octanol–water partition coefficient (Wildman–Crippen LogP) is 3.96. The normalized spacial score (nSPS) is 16.6. The molecule has 0 bridgehead atoms. The van der Waals surface area contributed by atoms with Crippen molar-refractivity contribution in [2.24, 2.45) is 5.92 Å². The van der Waals surface area contributed by atoms with Gasteiger partial charge in [0.1, 0.15) is 5.82 Å². The predicted molar refractivity (Wildman–Crippen MR) is 74.5 cm³/mol. The van der Waals surface area contributed by atoms with Gasteiger partial charge in [-0.05, 0) is 37.0 Å². The molecule has 0 radical (unpaired) electrons. The molecule has 1 unspecified atom stereocenters. The minimum Gasteiger partial charge on any atom is -0.382 e. The Labute approximate surface area is 116 Å². The Bertz CT molecular complexity index is 619. The summed E-state index contributed by atoms with van der Waals surface area (Å²) in [7, 11) is 0. The summed E-state index contributed by atoms with van der Waals surface area (Å²) in [4.78, 5) is 0. The molecule has 1 heterocycles. The lowest BCUT2D eigenvalue weighted by Gasteiger charge is -2.12.